The lowest BCUT2D eigenvalue weighted by Gasteiger charge is -2.33. The Labute approximate surface area is 213 Å². The molecular formula is C29H30F2N4O2. The summed E-state index contributed by atoms with van der Waals surface area (Å²) in [6.45, 7) is 3.44. The summed E-state index contributed by atoms with van der Waals surface area (Å²) in [6, 6.07) is 11.7. The zero-order valence-electron chi connectivity index (χ0n) is 20.9. The van der Waals surface area contributed by atoms with Crippen LogP contribution < -0.4 is 5.69 Å². The normalized spacial score (nSPS) is 16.4. The Morgan fingerprint density at radius 1 is 1.03 bits per heavy atom. The number of H-pyrrole nitrogens is 1. The van der Waals surface area contributed by atoms with E-state index in [0.29, 0.717) is 43.7 Å². The zero-order chi connectivity index (χ0) is 25.7. The number of rotatable bonds is 4. The Morgan fingerprint density at radius 2 is 1.78 bits per heavy atom. The number of carbonyl (C=O) groups is 1. The van der Waals surface area contributed by atoms with Crippen LogP contribution in [0.5, 0.6) is 0 Å². The topological polar surface area (TPSA) is 63.0 Å². The number of aromatic amines is 1. The van der Waals surface area contributed by atoms with E-state index in [1.807, 2.05) is 45.2 Å². The summed E-state index contributed by atoms with van der Waals surface area (Å²) in [7, 11) is 0. The summed E-state index contributed by atoms with van der Waals surface area (Å²) in [5, 5.41) is 0. The highest BCUT2D eigenvalue weighted by atomic mass is 19.2. The highest BCUT2D eigenvalue weighted by molar-refractivity contribution is 5.95. The lowest BCUT2D eigenvalue weighted by atomic mass is 9.95. The summed E-state index contributed by atoms with van der Waals surface area (Å²) in [5.74, 6) is -1.78. The van der Waals surface area contributed by atoms with Crippen molar-refractivity contribution in [3.05, 3.63) is 92.7 Å². The standard InChI is InChI=1S/C29H30F2N4O2/c1-18-21-6-2-4-8-25(21)34(17-19-10-11-22(30)23(31)16-19)27(18)28(36)33-14-12-20(13-15-33)35-26-9-5-3-7-24(26)32-29(35)37/h3,5,7,9-11,16,20H,2,4,6,8,12-15,17H2,1H3,(H,32,37). The molecule has 0 saturated carbocycles. The molecule has 0 bridgehead atoms. The maximum absolute atomic E-state index is 14.0. The molecule has 0 unspecified atom stereocenters. The zero-order valence-corrected chi connectivity index (χ0v) is 20.9. The van der Waals surface area contributed by atoms with Crippen molar-refractivity contribution >= 4 is 16.9 Å². The van der Waals surface area contributed by atoms with Gasteiger partial charge >= 0.3 is 5.69 Å². The lowest BCUT2D eigenvalue weighted by molar-refractivity contribution is 0.0683. The van der Waals surface area contributed by atoms with E-state index < -0.39 is 11.6 Å². The third-order valence-corrected chi connectivity index (χ3v) is 8.11. The minimum Gasteiger partial charge on any atom is -0.337 e. The number of para-hydroxylation sites is 2. The number of likely N-dealkylation sites (tertiary alicyclic amines) is 1. The van der Waals surface area contributed by atoms with Gasteiger partial charge in [0, 0.05) is 31.4 Å². The molecule has 192 valence electrons. The quantitative estimate of drug-likeness (QED) is 0.419. The second-order valence-corrected chi connectivity index (χ2v) is 10.3. The van der Waals surface area contributed by atoms with Gasteiger partial charge < -0.3 is 14.5 Å². The van der Waals surface area contributed by atoms with Gasteiger partial charge in [-0.15, -0.1) is 0 Å². The van der Waals surface area contributed by atoms with Crippen molar-refractivity contribution in [2.24, 2.45) is 0 Å². The van der Waals surface area contributed by atoms with Crippen molar-refractivity contribution in [3.63, 3.8) is 0 Å². The van der Waals surface area contributed by atoms with Crippen LogP contribution in [0.1, 0.15) is 64.6 Å². The monoisotopic (exact) mass is 504 g/mol. The number of hydrogen-bond donors (Lipinski definition) is 1. The molecule has 1 aliphatic carbocycles. The average molecular weight is 505 g/mol. The Balaban J connectivity index is 1.28. The molecule has 8 heteroatoms. The SMILES string of the molecule is Cc1c2c(n(Cc3ccc(F)c(F)c3)c1C(=O)N1CCC(n3c(=O)[nH]c4ccccc43)CC1)CCCC2. The second-order valence-electron chi connectivity index (χ2n) is 10.3. The van der Waals surface area contributed by atoms with Crippen LogP contribution >= 0.6 is 0 Å². The third kappa shape index (κ3) is 4.08. The number of nitrogens with one attached hydrogen (secondary N) is 1. The van der Waals surface area contributed by atoms with Crippen LogP contribution in [0, 0.1) is 18.6 Å². The molecule has 1 aliphatic heterocycles. The summed E-state index contributed by atoms with van der Waals surface area (Å²) in [6.07, 6.45) is 5.32. The molecule has 6 nitrogen and oxygen atoms in total. The van der Waals surface area contributed by atoms with E-state index in [9.17, 15) is 18.4 Å². The first kappa shape index (κ1) is 23.7. The Kier molecular flexibility index (Phi) is 5.97. The lowest BCUT2D eigenvalue weighted by Crippen LogP contribution is -2.41. The van der Waals surface area contributed by atoms with Crippen LogP contribution in [0.3, 0.4) is 0 Å². The maximum Gasteiger partial charge on any atom is 0.326 e. The number of imidazole rings is 1. The van der Waals surface area contributed by atoms with Crippen molar-refractivity contribution in [3.8, 4) is 0 Å². The van der Waals surface area contributed by atoms with Crippen LogP contribution in [-0.4, -0.2) is 38.0 Å². The van der Waals surface area contributed by atoms with Crippen molar-refractivity contribution in [1.29, 1.82) is 0 Å². The molecule has 1 amide bonds. The predicted octanol–water partition coefficient (Wildman–Crippen LogP) is 5.12. The third-order valence-electron chi connectivity index (χ3n) is 8.11. The molecule has 2 aromatic carbocycles. The highest BCUT2D eigenvalue weighted by Gasteiger charge is 2.32. The number of halogens is 2. The second kappa shape index (κ2) is 9.32. The number of aromatic nitrogens is 3. The van der Waals surface area contributed by atoms with Crippen LogP contribution in [0.2, 0.25) is 0 Å². The fraction of sp³-hybridized carbons (Fsp3) is 0.379. The number of nitrogens with zero attached hydrogens (tertiary/aromatic N) is 3. The number of fused-ring (bicyclic) bond motifs is 2. The molecule has 2 aliphatic rings. The van der Waals surface area contributed by atoms with E-state index in [-0.39, 0.29) is 17.6 Å². The summed E-state index contributed by atoms with van der Waals surface area (Å²) < 4.78 is 31.4. The minimum absolute atomic E-state index is 0.0241. The Morgan fingerprint density at radius 3 is 2.57 bits per heavy atom. The predicted molar refractivity (Wildman–Crippen MR) is 138 cm³/mol. The van der Waals surface area contributed by atoms with Crippen molar-refractivity contribution in [2.75, 3.05) is 13.1 Å². The molecule has 2 aromatic heterocycles. The fourth-order valence-electron chi connectivity index (χ4n) is 6.26. The first-order valence-corrected chi connectivity index (χ1v) is 13.1. The van der Waals surface area contributed by atoms with Crippen molar-refractivity contribution < 1.29 is 13.6 Å². The van der Waals surface area contributed by atoms with Crippen LogP contribution in [0.15, 0.2) is 47.3 Å². The van der Waals surface area contributed by atoms with Crippen LogP contribution in [0.4, 0.5) is 8.78 Å². The van der Waals surface area contributed by atoms with Gasteiger partial charge in [-0.05, 0) is 86.4 Å². The number of carbonyl (C=O) groups excluding carboxylic acids is 1. The molecule has 37 heavy (non-hydrogen) atoms. The van der Waals surface area contributed by atoms with E-state index >= 15 is 0 Å². The van der Waals surface area contributed by atoms with Gasteiger partial charge in [0.25, 0.3) is 5.91 Å². The van der Waals surface area contributed by atoms with Gasteiger partial charge in [-0.1, -0.05) is 18.2 Å². The van der Waals surface area contributed by atoms with Crippen LogP contribution in [-0.2, 0) is 19.4 Å². The van der Waals surface area contributed by atoms with Gasteiger partial charge in [0.05, 0.1) is 11.0 Å². The van der Waals surface area contributed by atoms with E-state index in [0.717, 1.165) is 54.0 Å². The number of hydrogen-bond acceptors (Lipinski definition) is 2. The van der Waals surface area contributed by atoms with Crippen molar-refractivity contribution in [2.45, 2.75) is 58.0 Å². The molecule has 1 N–H and O–H groups in total. The maximum atomic E-state index is 14.0. The van der Waals surface area contributed by atoms with Crippen molar-refractivity contribution in [1.82, 2.24) is 19.0 Å². The van der Waals surface area contributed by atoms with Gasteiger partial charge in [-0.2, -0.15) is 0 Å². The molecule has 3 heterocycles. The minimum atomic E-state index is -0.877. The van der Waals surface area contributed by atoms with Gasteiger partial charge in [0.1, 0.15) is 5.69 Å². The molecule has 0 spiro atoms. The molecule has 6 rings (SSSR count). The van der Waals surface area contributed by atoms with Gasteiger partial charge in [0.15, 0.2) is 11.6 Å². The van der Waals surface area contributed by atoms with E-state index in [1.165, 1.54) is 11.6 Å². The van der Waals surface area contributed by atoms with E-state index in [1.54, 1.807) is 6.07 Å². The fourth-order valence-corrected chi connectivity index (χ4v) is 6.26. The first-order chi connectivity index (χ1) is 17.9. The molecule has 4 aromatic rings. The Bertz CT molecular complexity index is 1560. The molecular weight excluding hydrogens is 474 g/mol. The largest absolute Gasteiger partial charge is 0.337 e. The summed E-state index contributed by atoms with van der Waals surface area (Å²) in [5.41, 5.74) is 6.23. The van der Waals surface area contributed by atoms with Gasteiger partial charge in [-0.3, -0.25) is 9.36 Å². The smallest absolute Gasteiger partial charge is 0.326 e. The average Bonchev–Trinajstić information content (AvgIpc) is 3.39. The molecule has 0 radical (unpaired) electrons. The van der Waals surface area contributed by atoms with E-state index in [2.05, 4.69) is 4.98 Å². The van der Waals surface area contributed by atoms with Gasteiger partial charge in [0.2, 0.25) is 0 Å². The number of amides is 1. The van der Waals surface area contributed by atoms with Crippen LogP contribution in [0.25, 0.3) is 11.0 Å². The Hall–Kier alpha value is -3.68. The van der Waals surface area contributed by atoms with E-state index in [4.69, 9.17) is 0 Å². The first-order valence-electron chi connectivity index (χ1n) is 13.1. The van der Waals surface area contributed by atoms with Gasteiger partial charge in [-0.25, -0.2) is 13.6 Å². The highest BCUT2D eigenvalue weighted by Crippen LogP contribution is 2.33. The summed E-state index contributed by atoms with van der Waals surface area (Å²) >= 11 is 0. The number of benzene rings is 2. The molecule has 0 atom stereocenters. The molecule has 1 saturated heterocycles. The molecule has 1 fully saturated rings. The summed E-state index contributed by atoms with van der Waals surface area (Å²) in [4.78, 5) is 31.4. The number of piperidine rings is 1.